The molecule has 0 saturated heterocycles. The Bertz CT molecular complexity index is 881. The Labute approximate surface area is 169 Å². The molecule has 0 fully saturated rings. The molecule has 154 valence electrons. The number of ether oxygens (including phenoxy) is 3. The quantitative estimate of drug-likeness (QED) is 0.707. The second kappa shape index (κ2) is 9.32. The van der Waals surface area contributed by atoms with Crippen LogP contribution in [0, 0.1) is 0 Å². The lowest BCUT2D eigenvalue weighted by Crippen LogP contribution is -2.32. The molecule has 0 aromatic heterocycles. The summed E-state index contributed by atoms with van der Waals surface area (Å²) >= 11 is 0. The predicted molar refractivity (Wildman–Crippen MR) is 107 cm³/mol. The maximum atomic E-state index is 12.8. The summed E-state index contributed by atoms with van der Waals surface area (Å²) < 4.78 is 16.2. The molecule has 0 spiro atoms. The van der Waals surface area contributed by atoms with Gasteiger partial charge >= 0.3 is 5.97 Å². The Balaban J connectivity index is 1.76. The van der Waals surface area contributed by atoms with Crippen LogP contribution in [0.25, 0.3) is 0 Å². The summed E-state index contributed by atoms with van der Waals surface area (Å²) in [6.45, 7) is 0.559. The number of methoxy groups -OCH3 is 2. The average Bonchev–Trinajstić information content (AvgIpc) is 2.72. The van der Waals surface area contributed by atoms with Gasteiger partial charge in [-0.25, -0.2) is 0 Å². The second-order valence-electron chi connectivity index (χ2n) is 6.91. The number of carboxylic acids is 1. The standard InChI is InChI=1S/C22H25NO6/c1-27-19-8-7-15(11-20(19)28-2)17(13-22(25)26)23-21(24)12-14-9-10-29-18-6-4-3-5-16(14)18/h3-8,11,14,17H,9-10,12-13H2,1-2H3,(H,23,24)(H,25,26). The summed E-state index contributed by atoms with van der Waals surface area (Å²) in [5.74, 6) is 0.659. The van der Waals surface area contributed by atoms with Crippen molar-refractivity contribution >= 4 is 11.9 Å². The lowest BCUT2D eigenvalue weighted by Gasteiger charge is -2.26. The Kier molecular flexibility index (Phi) is 6.59. The zero-order valence-corrected chi connectivity index (χ0v) is 16.5. The van der Waals surface area contributed by atoms with E-state index in [4.69, 9.17) is 14.2 Å². The molecular formula is C22H25NO6. The third kappa shape index (κ3) is 4.99. The Morgan fingerprint density at radius 3 is 2.66 bits per heavy atom. The number of nitrogens with one attached hydrogen (secondary N) is 1. The van der Waals surface area contributed by atoms with Gasteiger partial charge in [0.2, 0.25) is 5.91 Å². The van der Waals surface area contributed by atoms with Crippen molar-refractivity contribution in [2.75, 3.05) is 20.8 Å². The summed E-state index contributed by atoms with van der Waals surface area (Å²) in [5.41, 5.74) is 1.65. The van der Waals surface area contributed by atoms with Crippen molar-refractivity contribution in [3.63, 3.8) is 0 Å². The molecule has 0 radical (unpaired) electrons. The van der Waals surface area contributed by atoms with E-state index in [-0.39, 0.29) is 24.7 Å². The molecule has 1 aliphatic heterocycles. The van der Waals surface area contributed by atoms with E-state index in [0.29, 0.717) is 23.7 Å². The van der Waals surface area contributed by atoms with Crippen LogP contribution in [0.3, 0.4) is 0 Å². The van der Waals surface area contributed by atoms with Crippen molar-refractivity contribution < 1.29 is 28.9 Å². The van der Waals surface area contributed by atoms with Gasteiger partial charge in [0.25, 0.3) is 0 Å². The van der Waals surface area contributed by atoms with Crippen LogP contribution in [0.1, 0.15) is 42.3 Å². The highest BCUT2D eigenvalue weighted by Crippen LogP contribution is 2.36. The molecule has 2 atom stereocenters. The molecule has 2 N–H and O–H groups in total. The number of fused-ring (bicyclic) bond motifs is 1. The van der Waals surface area contributed by atoms with E-state index >= 15 is 0 Å². The van der Waals surface area contributed by atoms with Gasteiger partial charge in [-0.2, -0.15) is 0 Å². The molecule has 0 bridgehead atoms. The minimum atomic E-state index is -0.999. The van der Waals surface area contributed by atoms with Crippen molar-refractivity contribution in [2.24, 2.45) is 0 Å². The number of aliphatic carboxylic acids is 1. The van der Waals surface area contributed by atoms with Gasteiger partial charge in [0.15, 0.2) is 11.5 Å². The number of benzene rings is 2. The smallest absolute Gasteiger partial charge is 0.305 e. The lowest BCUT2D eigenvalue weighted by atomic mass is 9.90. The van der Waals surface area contributed by atoms with Crippen LogP contribution in [-0.2, 0) is 9.59 Å². The zero-order chi connectivity index (χ0) is 20.8. The topological polar surface area (TPSA) is 94.1 Å². The number of rotatable bonds is 8. The van der Waals surface area contributed by atoms with E-state index in [0.717, 1.165) is 17.7 Å². The predicted octanol–water partition coefficient (Wildman–Crippen LogP) is 3.29. The second-order valence-corrected chi connectivity index (χ2v) is 6.91. The molecule has 0 saturated carbocycles. The van der Waals surface area contributed by atoms with Gasteiger partial charge in [0.05, 0.1) is 33.3 Å². The zero-order valence-electron chi connectivity index (χ0n) is 16.5. The minimum absolute atomic E-state index is 0.0378. The number of hydrogen-bond acceptors (Lipinski definition) is 5. The molecule has 2 aromatic rings. The lowest BCUT2D eigenvalue weighted by molar-refractivity contribution is -0.137. The first-order valence-electron chi connectivity index (χ1n) is 9.46. The number of amides is 1. The summed E-state index contributed by atoms with van der Waals surface area (Å²) in [4.78, 5) is 24.1. The first-order chi connectivity index (χ1) is 14.0. The number of hydrogen-bond donors (Lipinski definition) is 2. The summed E-state index contributed by atoms with van der Waals surface area (Å²) in [5, 5.41) is 12.2. The van der Waals surface area contributed by atoms with Gasteiger partial charge in [0, 0.05) is 6.42 Å². The van der Waals surface area contributed by atoms with E-state index in [1.165, 1.54) is 14.2 Å². The van der Waals surface area contributed by atoms with E-state index in [1.807, 2.05) is 24.3 Å². The first-order valence-corrected chi connectivity index (χ1v) is 9.46. The Morgan fingerprint density at radius 2 is 1.93 bits per heavy atom. The SMILES string of the molecule is COc1ccc(C(CC(=O)O)NC(=O)CC2CCOc3ccccc32)cc1OC. The van der Waals surface area contributed by atoms with Crippen LogP contribution >= 0.6 is 0 Å². The van der Waals surface area contributed by atoms with Gasteiger partial charge in [-0.1, -0.05) is 24.3 Å². The summed E-state index contributed by atoms with van der Waals surface area (Å²) in [6.07, 6.45) is 0.778. The third-order valence-electron chi connectivity index (χ3n) is 5.04. The molecule has 1 amide bonds. The molecular weight excluding hydrogens is 374 g/mol. The number of para-hydroxylation sites is 1. The number of carbonyl (C=O) groups excluding carboxylic acids is 1. The van der Waals surface area contributed by atoms with Gasteiger partial charge < -0.3 is 24.6 Å². The fraction of sp³-hybridized carbons (Fsp3) is 0.364. The van der Waals surface area contributed by atoms with Crippen molar-refractivity contribution in [3.8, 4) is 17.2 Å². The monoisotopic (exact) mass is 399 g/mol. The first kappa shape index (κ1) is 20.5. The maximum Gasteiger partial charge on any atom is 0.305 e. The maximum absolute atomic E-state index is 12.8. The van der Waals surface area contributed by atoms with E-state index in [9.17, 15) is 14.7 Å². The van der Waals surface area contributed by atoms with Crippen molar-refractivity contribution in [2.45, 2.75) is 31.2 Å². The largest absolute Gasteiger partial charge is 0.493 e. The minimum Gasteiger partial charge on any atom is -0.493 e. The third-order valence-corrected chi connectivity index (χ3v) is 5.04. The highest BCUT2D eigenvalue weighted by Gasteiger charge is 2.26. The molecule has 2 unspecified atom stereocenters. The highest BCUT2D eigenvalue weighted by molar-refractivity contribution is 5.79. The Morgan fingerprint density at radius 1 is 1.17 bits per heavy atom. The molecule has 7 heteroatoms. The van der Waals surface area contributed by atoms with Crippen LogP contribution < -0.4 is 19.5 Å². The average molecular weight is 399 g/mol. The fourth-order valence-corrected chi connectivity index (χ4v) is 3.60. The summed E-state index contributed by atoms with van der Waals surface area (Å²) in [7, 11) is 3.04. The molecule has 29 heavy (non-hydrogen) atoms. The highest BCUT2D eigenvalue weighted by atomic mass is 16.5. The fourth-order valence-electron chi connectivity index (χ4n) is 3.60. The molecule has 2 aromatic carbocycles. The molecule has 7 nitrogen and oxygen atoms in total. The van der Waals surface area contributed by atoms with Crippen LogP contribution in [0.15, 0.2) is 42.5 Å². The van der Waals surface area contributed by atoms with E-state index in [2.05, 4.69) is 5.32 Å². The molecule has 3 rings (SSSR count). The van der Waals surface area contributed by atoms with E-state index < -0.39 is 12.0 Å². The van der Waals surface area contributed by atoms with Crippen molar-refractivity contribution in [1.29, 1.82) is 0 Å². The normalized spacial score (nSPS) is 16.1. The Hall–Kier alpha value is -3.22. The van der Waals surface area contributed by atoms with Gasteiger partial charge in [-0.05, 0) is 41.7 Å². The molecule has 0 aliphatic carbocycles. The van der Waals surface area contributed by atoms with Crippen molar-refractivity contribution in [3.05, 3.63) is 53.6 Å². The molecule has 1 heterocycles. The van der Waals surface area contributed by atoms with E-state index in [1.54, 1.807) is 18.2 Å². The van der Waals surface area contributed by atoms with Crippen LogP contribution in [0.5, 0.6) is 17.2 Å². The van der Waals surface area contributed by atoms with Crippen LogP contribution in [-0.4, -0.2) is 37.8 Å². The van der Waals surface area contributed by atoms with Gasteiger partial charge in [-0.3, -0.25) is 9.59 Å². The van der Waals surface area contributed by atoms with Crippen LogP contribution in [0.4, 0.5) is 0 Å². The van der Waals surface area contributed by atoms with Gasteiger partial charge in [0.1, 0.15) is 5.75 Å². The number of carboxylic acid groups (broad SMARTS) is 1. The summed E-state index contributed by atoms with van der Waals surface area (Å²) in [6, 6.07) is 12.1. The van der Waals surface area contributed by atoms with Gasteiger partial charge in [-0.15, -0.1) is 0 Å². The number of carbonyl (C=O) groups is 2. The van der Waals surface area contributed by atoms with Crippen LogP contribution in [0.2, 0.25) is 0 Å². The molecule has 1 aliphatic rings. The van der Waals surface area contributed by atoms with Crippen molar-refractivity contribution in [1.82, 2.24) is 5.32 Å².